The molecular weight excluding hydrogens is 246 g/mol. The second-order valence-corrected chi connectivity index (χ2v) is 4.06. The van der Waals surface area contributed by atoms with Crippen molar-refractivity contribution in [2.45, 2.75) is 26.7 Å². The Morgan fingerprint density at radius 1 is 1.32 bits per heavy atom. The summed E-state index contributed by atoms with van der Waals surface area (Å²) in [5, 5.41) is 0. The molecule has 106 valence electrons. The smallest absolute Gasteiger partial charge is 0.325 e. The first-order chi connectivity index (χ1) is 9.21. The first-order valence-electron chi connectivity index (χ1n) is 6.47. The third-order valence-corrected chi connectivity index (χ3v) is 2.45. The van der Waals surface area contributed by atoms with Crippen molar-refractivity contribution in [2.75, 3.05) is 31.7 Å². The van der Waals surface area contributed by atoms with Crippen LogP contribution in [0.1, 0.15) is 26.7 Å². The summed E-state index contributed by atoms with van der Waals surface area (Å²) in [5.74, 6) is 0.911. The van der Waals surface area contributed by atoms with Gasteiger partial charge in [-0.15, -0.1) is 0 Å². The van der Waals surface area contributed by atoms with Crippen molar-refractivity contribution in [3.05, 3.63) is 12.4 Å². The highest BCUT2D eigenvalue weighted by molar-refractivity contribution is 5.75. The van der Waals surface area contributed by atoms with E-state index in [-0.39, 0.29) is 12.5 Å². The molecule has 1 aromatic rings. The third kappa shape index (κ3) is 5.11. The minimum absolute atomic E-state index is 0.175. The Hall–Kier alpha value is -1.85. The van der Waals surface area contributed by atoms with Gasteiger partial charge < -0.3 is 14.4 Å². The third-order valence-electron chi connectivity index (χ3n) is 2.45. The van der Waals surface area contributed by atoms with Gasteiger partial charge in [-0.1, -0.05) is 13.8 Å². The Bertz CT molecular complexity index is 398. The minimum atomic E-state index is -0.289. The Labute approximate surface area is 113 Å². The number of carbonyl (C=O) groups is 1. The number of carbonyl (C=O) groups excluding carboxylic acids is 1. The normalized spacial score (nSPS) is 10.1. The van der Waals surface area contributed by atoms with Crippen LogP contribution in [-0.2, 0) is 9.53 Å². The van der Waals surface area contributed by atoms with Gasteiger partial charge in [-0.05, 0) is 12.8 Å². The molecule has 0 atom stereocenters. The van der Waals surface area contributed by atoms with Crippen LogP contribution in [0.25, 0.3) is 0 Å². The largest absolute Gasteiger partial charge is 0.478 e. The minimum Gasteiger partial charge on any atom is -0.478 e. The second kappa shape index (κ2) is 8.29. The molecule has 6 heteroatoms. The highest BCUT2D eigenvalue weighted by atomic mass is 16.5. The molecule has 0 fully saturated rings. The standard InChI is InChI=1S/C13H21N3O3/c1-4-6-16(9-13(17)18-3)11-8-12(15-10-14-11)19-7-5-2/h8,10H,4-7,9H2,1-3H3. The molecule has 0 bridgehead atoms. The Morgan fingerprint density at radius 3 is 2.74 bits per heavy atom. The molecule has 6 nitrogen and oxygen atoms in total. The van der Waals surface area contributed by atoms with E-state index in [1.54, 1.807) is 6.07 Å². The van der Waals surface area contributed by atoms with Crippen LogP contribution in [0.15, 0.2) is 12.4 Å². The highest BCUT2D eigenvalue weighted by Crippen LogP contribution is 2.16. The van der Waals surface area contributed by atoms with Crippen molar-refractivity contribution in [1.29, 1.82) is 0 Å². The van der Waals surface area contributed by atoms with Crippen LogP contribution >= 0.6 is 0 Å². The molecule has 0 saturated heterocycles. The average molecular weight is 267 g/mol. The first kappa shape index (κ1) is 15.2. The molecule has 0 spiro atoms. The Balaban J connectivity index is 2.79. The zero-order valence-electron chi connectivity index (χ0n) is 11.8. The van der Waals surface area contributed by atoms with Crippen LogP contribution in [0.5, 0.6) is 5.88 Å². The zero-order chi connectivity index (χ0) is 14.1. The maximum Gasteiger partial charge on any atom is 0.325 e. The molecule has 0 N–H and O–H groups in total. The van der Waals surface area contributed by atoms with Crippen LogP contribution in [-0.4, -0.2) is 42.7 Å². The lowest BCUT2D eigenvalue weighted by Gasteiger charge is -2.21. The molecular formula is C13H21N3O3. The molecule has 0 aromatic carbocycles. The maximum absolute atomic E-state index is 11.4. The van der Waals surface area contributed by atoms with Gasteiger partial charge in [0.1, 0.15) is 18.7 Å². The van der Waals surface area contributed by atoms with E-state index in [2.05, 4.69) is 14.7 Å². The summed E-state index contributed by atoms with van der Waals surface area (Å²) in [6.45, 7) is 5.58. The highest BCUT2D eigenvalue weighted by Gasteiger charge is 2.13. The second-order valence-electron chi connectivity index (χ2n) is 4.06. The Kier molecular flexibility index (Phi) is 6.63. The molecule has 1 rings (SSSR count). The van der Waals surface area contributed by atoms with Crippen molar-refractivity contribution in [3.63, 3.8) is 0 Å². The zero-order valence-corrected chi connectivity index (χ0v) is 11.8. The van der Waals surface area contributed by atoms with E-state index in [9.17, 15) is 4.79 Å². The van der Waals surface area contributed by atoms with Crippen molar-refractivity contribution >= 4 is 11.8 Å². The SMILES string of the molecule is CCCOc1cc(N(CCC)CC(=O)OC)ncn1. The Morgan fingerprint density at radius 2 is 2.11 bits per heavy atom. The number of aromatic nitrogens is 2. The van der Waals surface area contributed by atoms with Gasteiger partial charge in [0.05, 0.1) is 13.7 Å². The number of hydrogen-bond donors (Lipinski definition) is 0. The lowest BCUT2D eigenvalue weighted by molar-refractivity contribution is -0.138. The van der Waals surface area contributed by atoms with E-state index in [4.69, 9.17) is 4.74 Å². The maximum atomic E-state index is 11.4. The van der Waals surface area contributed by atoms with Crippen molar-refractivity contribution < 1.29 is 14.3 Å². The molecule has 0 aliphatic rings. The summed E-state index contributed by atoms with van der Waals surface area (Å²) in [6, 6.07) is 1.74. The van der Waals surface area contributed by atoms with Gasteiger partial charge >= 0.3 is 5.97 Å². The van der Waals surface area contributed by atoms with Gasteiger partial charge in [-0.25, -0.2) is 9.97 Å². The quantitative estimate of drug-likeness (QED) is 0.667. The number of ether oxygens (including phenoxy) is 2. The molecule has 1 heterocycles. The van der Waals surface area contributed by atoms with Crippen LogP contribution in [0, 0.1) is 0 Å². The van der Waals surface area contributed by atoms with E-state index in [0.717, 1.165) is 19.4 Å². The predicted molar refractivity (Wildman–Crippen MR) is 72.3 cm³/mol. The molecule has 1 aromatic heterocycles. The van der Waals surface area contributed by atoms with Gasteiger partial charge in [-0.2, -0.15) is 0 Å². The molecule has 0 aliphatic carbocycles. The number of esters is 1. The van der Waals surface area contributed by atoms with E-state index < -0.39 is 0 Å². The summed E-state index contributed by atoms with van der Waals surface area (Å²) in [5.41, 5.74) is 0. The van der Waals surface area contributed by atoms with Crippen LogP contribution in [0.2, 0.25) is 0 Å². The van der Waals surface area contributed by atoms with Gasteiger partial charge in [0.15, 0.2) is 0 Å². The summed E-state index contributed by atoms with van der Waals surface area (Å²) in [7, 11) is 1.38. The summed E-state index contributed by atoms with van der Waals surface area (Å²) < 4.78 is 10.1. The number of hydrogen-bond acceptors (Lipinski definition) is 6. The van der Waals surface area contributed by atoms with Crippen LogP contribution in [0.4, 0.5) is 5.82 Å². The topological polar surface area (TPSA) is 64.5 Å². The molecule has 0 saturated carbocycles. The predicted octanol–water partition coefficient (Wildman–Crippen LogP) is 1.65. The van der Waals surface area contributed by atoms with Gasteiger partial charge in [0.25, 0.3) is 0 Å². The fourth-order valence-corrected chi connectivity index (χ4v) is 1.55. The van der Waals surface area contributed by atoms with Crippen molar-refractivity contribution in [1.82, 2.24) is 9.97 Å². The fourth-order valence-electron chi connectivity index (χ4n) is 1.55. The van der Waals surface area contributed by atoms with Gasteiger partial charge in [0.2, 0.25) is 5.88 Å². The fraction of sp³-hybridized carbons (Fsp3) is 0.615. The van der Waals surface area contributed by atoms with Gasteiger partial charge in [0, 0.05) is 12.6 Å². The molecule has 19 heavy (non-hydrogen) atoms. The number of methoxy groups -OCH3 is 1. The van der Waals surface area contributed by atoms with E-state index in [1.165, 1.54) is 13.4 Å². The molecule has 0 unspecified atom stereocenters. The van der Waals surface area contributed by atoms with E-state index in [1.807, 2.05) is 18.7 Å². The molecule has 0 aliphatic heterocycles. The molecule has 0 amide bonds. The summed E-state index contributed by atoms with van der Waals surface area (Å²) in [6.07, 6.45) is 3.27. The lowest BCUT2D eigenvalue weighted by Crippen LogP contribution is -2.32. The van der Waals surface area contributed by atoms with E-state index >= 15 is 0 Å². The summed E-state index contributed by atoms with van der Waals surface area (Å²) in [4.78, 5) is 21.5. The van der Waals surface area contributed by atoms with E-state index in [0.29, 0.717) is 18.3 Å². The van der Waals surface area contributed by atoms with Crippen LogP contribution < -0.4 is 9.64 Å². The average Bonchev–Trinajstić information content (AvgIpc) is 2.44. The molecule has 0 radical (unpaired) electrons. The first-order valence-corrected chi connectivity index (χ1v) is 6.47. The van der Waals surface area contributed by atoms with Crippen molar-refractivity contribution in [3.8, 4) is 5.88 Å². The number of nitrogens with zero attached hydrogens (tertiary/aromatic N) is 3. The van der Waals surface area contributed by atoms with Crippen LogP contribution in [0.3, 0.4) is 0 Å². The van der Waals surface area contributed by atoms with Gasteiger partial charge in [-0.3, -0.25) is 4.79 Å². The number of rotatable bonds is 8. The summed E-state index contributed by atoms with van der Waals surface area (Å²) >= 11 is 0. The number of anilines is 1. The monoisotopic (exact) mass is 267 g/mol. The lowest BCUT2D eigenvalue weighted by atomic mass is 10.3. The van der Waals surface area contributed by atoms with Crippen molar-refractivity contribution in [2.24, 2.45) is 0 Å².